The molecule has 0 bridgehead atoms. The lowest BCUT2D eigenvalue weighted by atomic mass is 10.0. The Labute approximate surface area is 110 Å². The summed E-state index contributed by atoms with van der Waals surface area (Å²) in [6, 6.07) is 5.96. The lowest BCUT2D eigenvalue weighted by Crippen LogP contribution is -2.20. The van der Waals surface area contributed by atoms with E-state index in [1.165, 1.54) is 5.57 Å². The second kappa shape index (κ2) is 7.07. The van der Waals surface area contributed by atoms with Gasteiger partial charge in [0.15, 0.2) is 0 Å². The van der Waals surface area contributed by atoms with Crippen LogP contribution < -0.4 is 14.8 Å². The van der Waals surface area contributed by atoms with Crippen molar-refractivity contribution in [2.75, 3.05) is 20.8 Å². The Morgan fingerprint density at radius 3 is 2.17 bits per heavy atom. The van der Waals surface area contributed by atoms with E-state index in [1.807, 2.05) is 18.2 Å². The van der Waals surface area contributed by atoms with Crippen LogP contribution in [0.4, 0.5) is 0 Å². The van der Waals surface area contributed by atoms with Gasteiger partial charge in [0.25, 0.3) is 0 Å². The highest BCUT2D eigenvalue weighted by atomic mass is 16.5. The van der Waals surface area contributed by atoms with E-state index in [9.17, 15) is 0 Å². The van der Waals surface area contributed by atoms with Crippen LogP contribution in [-0.4, -0.2) is 20.8 Å². The molecule has 0 spiro atoms. The van der Waals surface area contributed by atoms with Crippen LogP contribution in [0.3, 0.4) is 0 Å². The highest BCUT2D eigenvalue weighted by Crippen LogP contribution is 2.35. The summed E-state index contributed by atoms with van der Waals surface area (Å²) in [5.74, 6) is 1.69. The minimum absolute atomic E-state index is 0.103. The number of benzene rings is 1. The first-order chi connectivity index (χ1) is 8.63. The number of rotatable bonds is 6. The number of allylic oxidation sites excluding steroid dienone is 1. The summed E-state index contributed by atoms with van der Waals surface area (Å²) in [6.45, 7) is 7.15. The van der Waals surface area contributed by atoms with Crippen molar-refractivity contribution in [1.82, 2.24) is 5.32 Å². The van der Waals surface area contributed by atoms with Crippen molar-refractivity contribution in [3.05, 3.63) is 35.4 Å². The first kappa shape index (κ1) is 14.6. The lowest BCUT2D eigenvalue weighted by Gasteiger charge is -2.21. The van der Waals surface area contributed by atoms with Crippen LogP contribution in [0.1, 0.15) is 32.4 Å². The Morgan fingerprint density at radius 2 is 1.78 bits per heavy atom. The molecule has 0 aliphatic rings. The molecule has 100 valence electrons. The van der Waals surface area contributed by atoms with Crippen LogP contribution in [0.5, 0.6) is 11.5 Å². The molecule has 18 heavy (non-hydrogen) atoms. The van der Waals surface area contributed by atoms with Gasteiger partial charge in [-0.2, -0.15) is 0 Å². The van der Waals surface area contributed by atoms with Gasteiger partial charge in [-0.3, -0.25) is 0 Å². The molecule has 3 heteroatoms. The fourth-order valence-corrected chi connectivity index (χ4v) is 1.98. The zero-order valence-corrected chi connectivity index (χ0v) is 11.9. The van der Waals surface area contributed by atoms with Gasteiger partial charge in [0, 0.05) is 0 Å². The van der Waals surface area contributed by atoms with Crippen molar-refractivity contribution in [2.24, 2.45) is 0 Å². The van der Waals surface area contributed by atoms with Gasteiger partial charge in [-0.15, -0.1) is 0 Å². The molecule has 0 aromatic heterocycles. The molecule has 0 aliphatic carbocycles. The Morgan fingerprint density at radius 1 is 1.22 bits per heavy atom. The van der Waals surface area contributed by atoms with Crippen LogP contribution in [0.25, 0.3) is 0 Å². The smallest absolute Gasteiger partial charge is 0.127 e. The summed E-state index contributed by atoms with van der Waals surface area (Å²) in [4.78, 5) is 0. The molecule has 0 fully saturated rings. The first-order valence-corrected chi connectivity index (χ1v) is 6.23. The largest absolute Gasteiger partial charge is 0.496 e. The van der Waals surface area contributed by atoms with Crippen molar-refractivity contribution in [2.45, 2.75) is 26.8 Å². The van der Waals surface area contributed by atoms with Gasteiger partial charge in [-0.1, -0.05) is 24.6 Å². The predicted octanol–water partition coefficient (Wildman–Crippen LogP) is 3.32. The molecule has 0 heterocycles. The highest BCUT2D eigenvalue weighted by molar-refractivity contribution is 5.48. The average molecular weight is 249 g/mol. The maximum absolute atomic E-state index is 5.45. The van der Waals surface area contributed by atoms with Gasteiger partial charge < -0.3 is 14.8 Å². The van der Waals surface area contributed by atoms with E-state index in [0.717, 1.165) is 23.6 Å². The second-order valence-electron chi connectivity index (χ2n) is 4.36. The molecule has 1 aromatic rings. The molecule has 1 aromatic carbocycles. The molecule has 0 aliphatic heterocycles. The van der Waals surface area contributed by atoms with E-state index in [0.29, 0.717) is 0 Å². The molecule has 1 unspecified atom stereocenters. The summed E-state index contributed by atoms with van der Waals surface area (Å²) < 4.78 is 10.9. The van der Waals surface area contributed by atoms with Crippen molar-refractivity contribution < 1.29 is 9.47 Å². The minimum atomic E-state index is 0.103. The molecule has 3 nitrogen and oxygen atoms in total. The van der Waals surface area contributed by atoms with E-state index >= 15 is 0 Å². The molecule has 0 saturated heterocycles. The Bertz CT molecular complexity index is 387. The molecule has 1 N–H and O–H groups in total. The predicted molar refractivity (Wildman–Crippen MR) is 75.4 cm³/mol. The van der Waals surface area contributed by atoms with E-state index < -0.39 is 0 Å². The van der Waals surface area contributed by atoms with Crippen molar-refractivity contribution in [3.8, 4) is 11.5 Å². The monoisotopic (exact) mass is 249 g/mol. The minimum Gasteiger partial charge on any atom is -0.496 e. The third-order valence-electron chi connectivity index (χ3n) is 2.70. The molecular formula is C15H23NO2. The van der Waals surface area contributed by atoms with Crippen molar-refractivity contribution >= 4 is 0 Å². The number of nitrogens with one attached hydrogen (secondary N) is 1. The summed E-state index contributed by atoms with van der Waals surface area (Å²) >= 11 is 0. The van der Waals surface area contributed by atoms with E-state index in [4.69, 9.17) is 9.47 Å². The van der Waals surface area contributed by atoms with Crippen LogP contribution in [0.15, 0.2) is 29.8 Å². The van der Waals surface area contributed by atoms with Crippen LogP contribution in [0.2, 0.25) is 0 Å². The topological polar surface area (TPSA) is 30.5 Å². The Kier molecular flexibility index (Phi) is 5.72. The van der Waals surface area contributed by atoms with Gasteiger partial charge >= 0.3 is 0 Å². The number of methoxy groups -OCH3 is 2. The zero-order chi connectivity index (χ0) is 13.5. The Hall–Kier alpha value is -1.48. The van der Waals surface area contributed by atoms with Crippen molar-refractivity contribution in [1.29, 1.82) is 0 Å². The normalized spacial score (nSPS) is 11.8. The third kappa shape index (κ3) is 3.50. The first-order valence-electron chi connectivity index (χ1n) is 6.23. The maximum atomic E-state index is 5.45. The standard InChI is InChI=1S/C15H23NO2/c1-6-16-12(10-11(2)3)15-13(17-4)8-7-9-14(15)18-5/h7-10,12,16H,6H2,1-5H3. The SMILES string of the molecule is CCNC(C=C(C)C)c1c(OC)cccc1OC. The Balaban J connectivity index is 3.28. The molecule has 1 atom stereocenters. The van der Waals surface area contributed by atoms with Gasteiger partial charge in [0.2, 0.25) is 0 Å². The van der Waals surface area contributed by atoms with E-state index in [-0.39, 0.29) is 6.04 Å². The van der Waals surface area contributed by atoms with Crippen LogP contribution in [-0.2, 0) is 0 Å². The molecular weight excluding hydrogens is 226 g/mol. The van der Waals surface area contributed by atoms with Crippen LogP contribution in [0, 0.1) is 0 Å². The third-order valence-corrected chi connectivity index (χ3v) is 2.70. The van der Waals surface area contributed by atoms with Gasteiger partial charge in [0.1, 0.15) is 11.5 Å². The maximum Gasteiger partial charge on any atom is 0.127 e. The number of likely N-dealkylation sites (N-methyl/N-ethyl adjacent to an activating group) is 1. The van der Waals surface area contributed by atoms with Gasteiger partial charge in [-0.25, -0.2) is 0 Å². The quantitative estimate of drug-likeness (QED) is 0.784. The van der Waals surface area contributed by atoms with Gasteiger partial charge in [-0.05, 0) is 32.5 Å². The lowest BCUT2D eigenvalue weighted by molar-refractivity contribution is 0.378. The number of ether oxygens (including phenoxy) is 2. The fourth-order valence-electron chi connectivity index (χ4n) is 1.98. The van der Waals surface area contributed by atoms with E-state index in [2.05, 4.69) is 32.2 Å². The number of hydrogen-bond acceptors (Lipinski definition) is 3. The zero-order valence-electron chi connectivity index (χ0n) is 11.9. The molecule has 0 amide bonds. The van der Waals surface area contributed by atoms with E-state index in [1.54, 1.807) is 14.2 Å². The molecule has 1 rings (SSSR count). The van der Waals surface area contributed by atoms with Gasteiger partial charge in [0.05, 0.1) is 25.8 Å². The highest BCUT2D eigenvalue weighted by Gasteiger charge is 2.18. The molecule has 0 radical (unpaired) electrons. The average Bonchev–Trinajstić information content (AvgIpc) is 2.36. The summed E-state index contributed by atoms with van der Waals surface area (Å²) in [6.07, 6.45) is 2.18. The molecule has 0 saturated carbocycles. The van der Waals surface area contributed by atoms with Crippen LogP contribution >= 0.6 is 0 Å². The number of hydrogen-bond donors (Lipinski definition) is 1. The summed E-state index contributed by atoms with van der Waals surface area (Å²) in [7, 11) is 3.37. The summed E-state index contributed by atoms with van der Waals surface area (Å²) in [5, 5.41) is 3.44. The fraction of sp³-hybridized carbons (Fsp3) is 0.467. The second-order valence-corrected chi connectivity index (χ2v) is 4.36. The summed E-state index contributed by atoms with van der Waals surface area (Å²) in [5.41, 5.74) is 2.31. The van der Waals surface area contributed by atoms with Crippen molar-refractivity contribution in [3.63, 3.8) is 0 Å².